The summed E-state index contributed by atoms with van der Waals surface area (Å²) in [5, 5.41) is 4.99. The van der Waals surface area contributed by atoms with E-state index >= 15 is 0 Å². The Balaban J connectivity index is 2.32. The molecule has 6 heteroatoms. The highest BCUT2D eigenvalue weighted by Gasteiger charge is 2.06. The van der Waals surface area contributed by atoms with Crippen LogP contribution in [0.25, 0.3) is 0 Å². The van der Waals surface area contributed by atoms with Gasteiger partial charge in [0.05, 0.1) is 11.5 Å². The molecule has 0 bridgehead atoms. The van der Waals surface area contributed by atoms with Crippen molar-refractivity contribution in [2.45, 2.75) is 24.7 Å². The average Bonchev–Trinajstić information content (AvgIpc) is 2.33. The van der Waals surface area contributed by atoms with Crippen molar-refractivity contribution < 1.29 is 17.9 Å². The summed E-state index contributed by atoms with van der Waals surface area (Å²) in [6.07, 6.45) is 2.15. The molecule has 0 radical (unpaired) electrons. The molecule has 5 nitrogen and oxygen atoms in total. The van der Waals surface area contributed by atoms with Gasteiger partial charge < -0.3 is 9.47 Å². The molecule has 102 valence electrons. The van der Waals surface area contributed by atoms with Crippen molar-refractivity contribution >= 4 is 10.0 Å². The number of rotatable bonds is 8. The molecule has 1 rings (SSSR count). The normalized spacial score (nSPS) is 11.4. The largest absolute Gasteiger partial charge is 0.491 e. The van der Waals surface area contributed by atoms with E-state index in [9.17, 15) is 8.42 Å². The minimum absolute atomic E-state index is 0.0778. The van der Waals surface area contributed by atoms with Crippen LogP contribution in [0.2, 0.25) is 0 Å². The molecule has 0 unspecified atom stereocenters. The molecule has 0 aromatic heterocycles. The van der Waals surface area contributed by atoms with Gasteiger partial charge in [-0.3, -0.25) is 0 Å². The zero-order valence-electron chi connectivity index (χ0n) is 10.5. The first-order valence-electron chi connectivity index (χ1n) is 5.87. The molecule has 0 saturated carbocycles. The van der Waals surface area contributed by atoms with Crippen molar-refractivity contribution in [3.63, 3.8) is 0 Å². The van der Waals surface area contributed by atoms with E-state index in [2.05, 4.69) is 6.92 Å². The van der Waals surface area contributed by atoms with Gasteiger partial charge in [-0.25, -0.2) is 13.6 Å². The molecule has 1 aromatic carbocycles. The Morgan fingerprint density at radius 2 is 1.78 bits per heavy atom. The number of hydrogen-bond donors (Lipinski definition) is 1. The Hall–Kier alpha value is -1.11. The van der Waals surface area contributed by atoms with Gasteiger partial charge in [-0.1, -0.05) is 13.3 Å². The lowest BCUT2D eigenvalue weighted by molar-refractivity contribution is 0.0980. The van der Waals surface area contributed by atoms with Gasteiger partial charge in [-0.2, -0.15) is 0 Å². The molecule has 0 aliphatic rings. The van der Waals surface area contributed by atoms with Gasteiger partial charge in [-0.05, 0) is 30.7 Å². The van der Waals surface area contributed by atoms with E-state index in [0.29, 0.717) is 19.0 Å². The standard InChI is InChI=1S/C12H19NO4S/c1-2-3-8-16-9-10-17-11-4-6-12(7-5-11)18(13,14)15/h4-7H,2-3,8-10H2,1H3,(H2,13,14,15). The van der Waals surface area contributed by atoms with E-state index < -0.39 is 10.0 Å². The Bertz CT molecular complexity index is 442. The summed E-state index contributed by atoms with van der Waals surface area (Å²) >= 11 is 0. The SMILES string of the molecule is CCCCOCCOc1ccc(S(N)(=O)=O)cc1. The van der Waals surface area contributed by atoms with E-state index in [1.807, 2.05) is 0 Å². The third-order valence-electron chi connectivity index (χ3n) is 2.29. The molecule has 0 atom stereocenters. The lowest BCUT2D eigenvalue weighted by atomic mass is 10.3. The maximum Gasteiger partial charge on any atom is 0.238 e. The van der Waals surface area contributed by atoms with Crippen LogP contribution in [0.3, 0.4) is 0 Å². The van der Waals surface area contributed by atoms with Gasteiger partial charge in [0.25, 0.3) is 0 Å². The fourth-order valence-corrected chi connectivity index (χ4v) is 1.81. The molecule has 0 spiro atoms. The minimum atomic E-state index is -3.64. The summed E-state index contributed by atoms with van der Waals surface area (Å²) in [5.41, 5.74) is 0. The fourth-order valence-electron chi connectivity index (χ4n) is 1.29. The van der Waals surface area contributed by atoms with Crippen LogP contribution >= 0.6 is 0 Å². The Morgan fingerprint density at radius 3 is 2.33 bits per heavy atom. The van der Waals surface area contributed by atoms with Crippen LogP contribution in [0.1, 0.15) is 19.8 Å². The summed E-state index contributed by atoms with van der Waals surface area (Å²) in [6, 6.07) is 5.99. The highest BCUT2D eigenvalue weighted by molar-refractivity contribution is 7.89. The number of nitrogens with two attached hydrogens (primary N) is 1. The molecule has 1 aromatic rings. The average molecular weight is 273 g/mol. The molecule has 0 aliphatic heterocycles. The van der Waals surface area contributed by atoms with Gasteiger partial charge >= 0.3 is 0 Å². The molecule has 0 heterocycles. The minimum Gasteiger partial charge on any atom is -0.491 e. The smallest absolute Gasteiger partial charge is 0.238 e. The number of unbranched alkanes of at least 4 members (excludes halogenated alkanes) is 1. The Kier molecular flexibility index (Phi) is 6.11. The molecule has 0 saturated heterocycles. The third-order valence-corrected chi connectivity index (χ3v) is 3.22. The number of hydrogen-bond acceptors (Lipinski definition) is 4. The first kappa shape index (κ1) is 14.9. The number of primary sulfonamides is 1. The van der Waals surface area contributed by atoms with Gasteiger partial charge in [0.15, 0.2) is 0 Å². The monoisotopic (exact) mass is 273 g/mol. The highest BCUT2D eigenvalue weighted by atomic mass is 32.2. The third kappa shape index (κ3) is 5.48. The van der Waals surface area contributed by atoms with E-state index in [1.165, 1.54) is 12.1 Å². The van der Waals surface area contributed by atoms with Crippen molar-refractivity contribution in [3.8, 4) is 5.75 Å². The molecular weight excluding hydrogens is 254 g/mol. The topological polar surface area (TPSA) is 78.6 Å². The second-order valence-corrected chi connectivity index (χ2v) is 5.39. The molecule has 0 aliphatic carbocycles. The van der Waals surface area contributed by atoms with Crippen molar-refractivity contribution in [1.29, 1.82) is 0 Å². The van der Waals surface area contributed by atoms with E-state index in [-0.39, 0.29) is 4.90 Å². The molecule has 2 N–H and O–H groups in total. The van der Waals surface area contributed by atoms with E-state index in [1.54, 1.807) is 12.1 Å². The van der Waals surface area contributed by atoms with Crippen LogP contribution < -0.4 is 9.88 Å². The summed E-state index contributed by atoms with van der Waals surface area (Å²) in [4.78, 5) is 0.0778. The van der Waals surface area contributed by atoms with Crippen molar-refractivity contribution in [3.05, 3.63) is 24.3 Å². The van der Waals surface area contributed by atoms with Crippen LogP contribution in [0.5, 0.6) is 5.75 Å². The Morgan fingerprint density at radius 1 is 1.11 bits per heavy atom. The Labute approximate surface area is 108 Å². The van der Waals surface area contributed by atoms with Crippen molar-refractivity contribution in [2.24, 2.45) is 5.14 Å². The van der Waals surface area contributed by atoms with Crippen LogP contribution in [0.15, 0.2) is 29.2 Å². The van der Waals surface area contributed by atoms with Crippen molar-refractivity contribution in [1.82, 2.24) is 0 Å². The second kappa shape index (κ2) is 7.35. The van der Waals surface area contributed by atoms with Gasteiger partial charge in [0.1, 0.15) is 12.4 Å². The lowest BCUT2D eigenvalue weighted by Gasteiger charge is -2.07. The van der Waals surface area contributed by atoms with Gasteiger partial charge in [0, 0.05) is 6.61 Å². The van der Waals surface area contributed by atoms with Crippen LogP contribution in [0.4, 0.5) is 0 Å². The van der Waals surface area contributed by atoms with E-state index in [0.717, 1.165) is 19.4 Å². The van der Waals surface area contributed by atoms with E-state index in [4.69, 9.17) is 14.6 Å². The number of sulfonamides is 1. The molecule has 0 fully saturated rings. The molecule has 18 heavy (non-hydrogen) atoms. The lowest BCUT2D eigenvalue weighted by Crippen LogP contribution is -2.12. The summed E-state index contributed by atoms with van der Waals surface area (Å²) in [7, 11) is -3.64. The maximum absolute atomic E-state index is 11.0. The number of ether oxygens (including phenoxy) is 2. The summed E-state index contributed by atoms with van der Waals surface area (Å²) < 4.78 is 32.8. The highest BCUT2D eigenvalue weighted by Crippen LogP contribution is 2.14. The van der Waals surface area contributed by atoms with Gasteiger partial charge in [0.2, 0.25) is 10.0 Å². The maximum atomic E-state index is 11.0. The summed E-state index contributed by atoms with van der Waals surface area (Å²) in [5.74, 6) is 0.599. The van der Waals surface area contributed by atoms with Crippen LogP contribution in [-0.4, -0.2) is 28.2 Å². The second-order valence-electron chi connectivity index (χ2n) is 3.83. The fraction of sp³-hybridized carbons (Fsp3) is 0.500. The summed E-state index contributed by atoms with van der Waals surface area (Å²) in [6.45, 7) is 3.81. The van der Waals surface area contributed by atoms with Crippen LogP contribution in [0, 0.1) is 0 Å². The van der Waals surface area contributed by atoms with Gasteiger partial charge in [-0.15, -0.1) is 0 Å². The predicted octanol–water partition coefficient (Wildman–Crippen LogP) is 1.53. The first-order chi connectivity index (χ1) is 8.54. The zero-order valence-corrected chi connectivity index (χ0v) is 11.3. The first-order valence-corrected chi connectivity index (χ1v) is 7.42. The quantitative estimate of drug-likeness (QED) is 0.728. The molecule has 0 amide bonds. The zero-order chi connectivity index (χ0) is 13.4. The van der Waals surface area contributed by atoms with Crippen LogP contribution in [-0.2, 0) is 14.8 Å². The predicted molar refractivity (Wildman–Crippen MR) is 69.0 cm³/mol. The van der Waals surface area contributed by atoms with Crippen molar-refractivity contribution in [2.75, 3.05) is 19.8 Å². The number of benzene rings is 1. The molecular formula is C12H19NO4S.